The van der Waals surface area contributed by atoms with Gasteiger partial charge in [-0.25, -0.2) is 13.2 Å². The van der Waals surface area contributed by atoms with E-state index in [0.717, 1.165) is 0 Å². The zero-order valence-corrected chi connectivity index (χ0v) is 12.2. The van der Waals surface area contributed by atoms with E-state index in [1.54, 1.807) is 27.7 Å². The SMILES string of the molecule is CC(C)(C)OC(=O)NC1(C2(C)CCS2(=O)=O)CC1. The molecule has 1 saturated heterocycles. The Morgan fingerprint density at radius 3 is 2.06 bits per heavy atom. The molecule has 18 heavy (non-hydrogen) atoms. The third-order valence-electron chi connectivity index (χ3n) is 4.04. The molecule has 0 spiro atoms. The third-order valence-corrected chi connectivity index (χ3v) is 6.75. The summed E-state index contributed by atoms with van der Waals surface area (Å²) in [6.07, 6.45) is 1.51. The van der Waals surface area contributed by atoms with Crippen molar-refractivity contribution in [1.82, 2.24) is 5.32 Å². The zero-order chi connectivity index (χ0) is 13.8. The summed E-state index contributed by atoms with van der Waals surface area (Å²) >= 11 is 0. The molecule has 104 valence electrons. The van der Waals surface area contributed by atoms with Crippen molar-refractivity contribution in [1.29, 1.82) is 0 Å². The van der Waals surface area contributed by atoms with E-state index < -0.39 is 31.8 Å². The van der Waals surface area contributed by atoms with Crippen molar-refractivity contribution in [3.63, 3.8) is 0 Å². The molecule has 1 N–H and O–H groups in total. The molecule has 2 aliphatic rings. The molecule has 6 heteroatoms. The Kier molecular flexibility index (Phi) is 2.74. The number of carbonyl (C=O) groups is 1. The van der Waals surface area contributed by atoms with Gasteiger partial charge in [0.2, 0.25) is 0 Å². The number of alkyl carbamates (subject to hydrolysis) is 1. The molecule has 1 saturated carbocycles. The quantitative estimate of drug-likeness (QED) is 0.831. The van der Waals surface area contributed by atoms with Crippen LogP contribution in [0, 0.1) is 0 Å². The molecule has 0 aromatic carbocycles. The molecule has 1 unspecified atom stereocenters. The van der Waals surface area contributed by atoms with Gasteiger partial charge in [-0.2, -0.15) is 0 Å². The number of ether oxygens (including phenoxy) is 1. The minimum absolute atomic E-state index is 0.223. The van der Waals surface area contributed by atoms with Crippen molar-refractivity contribution in [2.24, 2.45) is 0 Å². The van der Waals surface area contributed by atoms with Crippen LogP contribution >= 0.6 is 0 Å². The molecule has 5 nitrogen and oxygen atoms in total. The first-order chi connectivity index (χ1) is 8.02. The van der Waals surface area contributed by atoms with Crippen LogP contribution in [-0.4, -0.2) is 36.2 Å². The zero-order valence-electron chi connectivity index (χ0n) is 11.4. The van der Waals surface area contributed by atoms with Crippen LogP contribution < -0.4 is 5.32 Å². The van der Waals surface area contributed by atoms with E-state index in [-0.39, 0.29) is 5.75 Å². The maximum absolute atomic E-state index is 11.9. The topological polar surface area (TPSA) is 72.5 Å². The number of hydrogen-bond donors (Lipinski definition) is 1. The standard InChI is InChI=1S/C12H21NO4S/c1-10(2,3)17-9(14)13-12(5-6-12)11(4)7-8-18(11,15)16/h5-8H2,1-4H3,(H,13,14). The average molecular weight is 275 g/mol. The van der Waals surface area contributed by atoms with Crippen molar-refractivity contribution < 1.29 is 17.9 Å². The predicted molar refractivity (Wildman–Crippen MR) is 68.1 cm³/mol. The monoisotopic (exact) mass is 275 g/mol. The molecule has 0 bridgehead atoms. The van der Waals surface area contributed by atoms with E-state index in [2.05, 4.69) is 5.32 Å². The van der Waals surface area contributed by atoms with E-state index >= 15 is 0 Å². The van der Waals surface area contributed by atoms with Gasteiger partial charge in [0, 0.05) is 0 Å². The van der Waals surface area contributed by atoms with Crippen LogP contribution in [0.1, 0.15) is 47.0 Å². The lowest BCUT2D eigenvalue weighted by atomic mass is 9.94. The van der Waals surface area contributed by atoms with Crippen LogP contribution in [0.25, 0.3) is 0 Å². The van der Waals surface area contributed by atoms with Gasteiger partial charge in [0.05, 0.1) is 16.0 Å². The van der Waals surface area contributed by atoms with E-state index in [0.29, 0.717) is 19.3 Å². The maximum atomic E-state index is 11.9. The molecular formula is C12H21NO4S. The summed E-state index contributed by atoms with van der Waals surface area (Å²) in [4.78, 5) is 11.8. The summed E-state index contributed by atoms with van der Waals surface area (Å²) in [5.41, 5.74) is -1.17. The van der Waals surface area contributed by atoms with Crippen LogP contribution in [0.15, 0.2) is 0 Å². The second-order valence-corrected chi connectivity index (χ2v) is 9.05. The molecule has 1 atom stereocenters. The number of sulfone groups is 1. The molecule has 0 aromatic rings. The van der Waals surface area contributed by atoms with Gasteiger partial charge in [-0.3, -0.25) is 0 Å². The van der Waals surface area contributed by atoms with Gasteiger partial charge < -0.3 is 10.1 Å². The smallest absolute Gasteiger partial charge is 0.408 e. The Balaban J connectivity index is 2.08. The highest BCUT2D eigenvalue weighted by molar-refractivity contribution is 7.94. The lowest BCUT2D eigenvalue weighted by Crippen LogP contribution is -2.64. The van der Waals surface area contributed by atoms with Crippen LogP contribution in [-0.2, 0) is 14.6 Å². The second-order valence-electron chi connectivity index (χ2n) is 6.51. The fourth-order valence-corrected chi connectivity index (χ4v) is 4.52. The van der Waals surface area contributed by atoms with Crippen LogP contribution in [0.5, 0.6) is 0 Å². The third kappa shape index (κ3) is 2.00. The maximum Gasteiger partial charge on any atom is 0.408 e. The fourth-order valence-electron chi connectivity index (χ4n) is 2.52. The summed E-state index contributed by atoms with van der Waals surface area (Å²) in [6.45, 7) is 7.09. The lowest BCUT2D eigenvalue weighted by molar-refractivity contribution is 0.0479. The van der Waals surface area contributed by atoms with Crippen molar-refractivity contribution in [3.05, 3.63) is 0 Å². The normalized spacial score (nSPS) is 32.2. The van der Waals surface area contributed by atoms with Gasteiger partial charge in [0.25, 0.3) is 0 Å². The summed E-state index contributed by atoms with van der Waals surface area (Å²) in [5, 5.41) is 2.78. The molecule has 1 heterocycles. The molecule has 1 aliphatic heterocycles. The highest BCUT2D eigenvalue weighted by atomic mass is 32.2. The minimum Gasteiger partial charge on any atom is -0.444 e. The molecule has 1 amide bonds. The van der Waals surface area contributed by atoms with Gasteiger partial charge in [-0.15, -0.1) is 0 Å². The van der Waals surface area contributed by atoms with Crippen LogP contribution in [0.2, 0.25) is 0 Å². The Morgan fingerprint density at radius 1 is 1.22 bits per heavy atom. The number of amides is 1. The first kappa shape index (κ1) is 13.6. The number of nitrogens with one attached hydrogen (secondary N) is 1. The largest absolute Gasteiger partial charge is 0.444 e. The minimum atomic E-state index is -3.08. The molecule has 2 fully saturated rings. The van der Waals surface area contributed by atoms with Crippen molar-refractivity contribution in [2.75, 3.05) is 5.75 Å². The summed E-state index contributed by atoms with van der Waals surface area (Å²) in [5.74, 6) is 0.223. The van der Waals surface area contributed by atoms with Gasteiger partial charge in [0.15, 0.2) is 9.84 Å². The predicted octanol–water partition coefficient (Wildman–Crippen LogP) is 1.62. The number of carbonyl (C=O) groups excluding carboxylic acids is 1. The van der Waals surface area contributed by atoms with Gasteiger partial charge in [-0.1, -0.05) is 0 Å². The first-order valence-electron chi connectivity index (χ1n) is 6.25. The van der Waals surface area contributed by atoms with E-state index in [1.807, 2.05) is 0 Å². The van der Waals surface area contributed by atoms with Gasteiger partial charge >= 0.3 is 6.09 Å². The number of hydrogen-bond acceptors (Lipinski definition) is 4. The van der Waals surface area contributed by atoms with E-state index in [9.17, 15) is 13.2 Å². The molecule has 0 radical (unpaired) electrons. The summed E-state index contributed by atoms with van der Waals surface area (Å²) in [7, 11) is -3.08. The Hall–Kier alpha value is -0.780. The summed E-state index contributed by atoms with van der Waals surface area (Å²) in [6, 6.07) is 0. The second kappa shape index (κ2) is 3.62. The number of rotatable bonds is 2. The lowest BCUT2D eigenvalue weighted by Gasteiger charge is -2.44. The van der Waals surface area contributed by atoms with E-state index in [1.165, 1.54) is 0 Å². The van der Waals surface area contributed by atoms with Crippen molar-refractivity contribution in [2.45, 2.75) is 62.8 Å². The summed E-state index contributed by atoms with van der Waals surface area (Å²) < 4.78 is 28.2. The van der Waals surface area contributed by atoms with Crippen molar-refractivity contribution >= 4 is 15.9 Å². The highest BCUT2D eigenvalue weighted by Gasteiger charge is 2.68. The molecule has 0 aromatic heterocycles. The van der Waals surface area contributed by atoms with Crippen LogP contribution in [0.4, 0.5) is 4.79 Å². The van der Waals surface area contributed by atoms with E-state index in [4.69, 9.17) is 4.74 Å². The van der Waals surface area contributed by atoms with Crippen LogP contribution in [0.3, 0.4) is 0 Å². The average Bonchev–Trinajstić information content (AvgIpc) is 2.93. The highest BCUT2D eigenvalue weighted by Crippen LogP contribution is 2.55. The van der Waals surface area contributed by atoms with Gasteiger partial charge in [0.1, 0.15) is 5.60 Å². The molecular weight excluding hydrogens is 254 g/mol. The van der Waals surface area contributed by atoms with Gasteiger partial charge in [-0.05, 0) is 47.0 Å². The van der Waals surface area contributed by atoms with Crippen molar-refractivity contribution in [3.8, 4) is 0 Å². The Bertz CT molecular complexity index is 473. The first-order valence-corrected chi connectivity index (χ1v) is 7.90. The Labute approximate surface area is 108 Å². The molecule has 2 rings (SSSR count). The fraction of sp³-hybridized carbons (Fsp3) is 0.917. The molecule has 1 aliphatic carbocycles. The Morgan fingerprint density at radius 2 is 1.78 bits per heavy atom.